The Kier molecular flexibility index (Phi) is 7.09. The number of likely N-dealkylation sites (tertiary alicyclic amines) is 1. The van der Waals surface area contributed by atoms with Crippen LogP contribution in [0.5, 0.6) is 0 Å². The summed E-state index contributed by atoms with van der Waals surface area (Å²) in [4.78, 5) is 2.44. The zero-order valence-electron chi connectivity index (χ0n) is 12.1. The smallest absolute Gasteiger partial charge is 0.000581 e. The Morgan fingerprint density at radius 2 is 1.82 bits per heavy atom. The van der Waals surface area contributed by atoms with Crippen LogP contribution in [0.15, 0.2) is 0 Å². The molecular weight excluding hydrogens is 210 g/mol. The third-order valence-electron chi connectivity index (χ3n) is 4.09. The molecule has 2 N–H and O–H groups in total. The van der Waals surface area contributed by atoms with Gasteiger partial charge in [-0.15, -0.1) is 0 Å². The van der Waals surface area contributed by atoms with Crippen molar-refractivity contribution in [2.24, 2.45) is 17.8 Å². The van der Waals surface area contributed by atoms with Crippen LogP contribution in [-0.2, 0) is 0 Å². The van der Waals surface area contributed by atoms with Crippen LogP contribution >= 0.6 is 0 Å². The Hall–Kier alpha value is -0.120. The number of rotatable bonds is 7. The van der Waals surface area contributed by atoms with E-state index in [2.05, 4.69) is 36.4 Å². The summed E-state index contributed by atoms with van der Waals surface area (Å²) in [7, 11) is 4.28. The van der Waals surface area contributed by atoms with Crippen molar-refractivity contribution in [2.45, 2.75) is 26.7 Å². The van der Waals surface area contributed by atoms with Crippen molar-refractivity contribution in [2.75, 3.05) is 46.8 Å². The van der Waals surface area contributed by atoms with Crippen LogP contribution in [0.3, 0.4) is 0 Å². The van der Waals surface area contributed by atoms with Crippen LogP contribution in [0, 0.1) is 17.8 Å². The van der Waals surface area contributed by atoms with Crippen molar-refractivity contribution in [1.29, 1.82) is 0 Å². The molecule has 0 spiro atoms. The minimum atomic E-state index is 0.756. The Morgan fingerprint density at radius 3 is 2.35 bits per heavy atom. The highest BCUT2D eigenvalue weighted by Crippen LogP contribution is 2.15. The van der Waals surface area contributed by atoms with E-state index in [9.17, 15) is 0 Å². The molecule has 1 saturated heterocycles. The maximum atomic E-state index is 3.68. The van der Waals surface area contributed by atoms with Gasteiger partial charge in [0.25, 0.3) is 0 Å². The van der Waals surface area contributed by atoms with Gasteiger partial charge < -0.3 is 15.5 Å². The molecule has 1 unspecified atom stereocenters. The highest BCUT2D eigenvalue weighted by Gasteiger charge is 2.17. The molecule has 0 aromatic rings. The summed E-state index contributed by atoms with van der Waals surface area (Å²) >= 11 is 0. The molecule has 17 heavy (non-hydrogen) atoms. The minimum absolute atomic E-state index is 0.756. The van der Waals surface area contributed by atoms with Crippen molar-refractivity contribution in [3.8, 4) is 0 Å². The summed E-state index contributed by atoms with van der Waals surface area (Å²) in [5, 5.41) is 6.97. The Bertz CT molecular complexity index is 186. The van der Waals surface area contributed by atoms with E-state index in [1.807, 2.05) is 7.05 Å². The molecule has 1 aliphatic rings. The summed E-state index contributed by atoms with van der Waals surface area (Å²) < 4.78 is 0. The van der Waals surface area contributed by atoms with Gasteiger partial charge in [0, 0.05) is 0 Å². The van der Waals surface area contributed by atoms with Crippen LogP contribution in [-0.4, -0.2) is 51.7 Å². The van der Waals surface area contributed by atoms with Gasteiger partial charge in [0.05, 0.1) is 0 Å². The lowest BCUT2D eigenvalue weighted by atomic mass is 9.94. The molecular formula is C14H31N3. The number of nitrogens with one attached hydrogen (secondary N) is 2. The summed E-state index contributed by atoms with van der Waals surface area (Å²) in [5.41, 5.74) is 0. The van der Waals surface area contributed by atoms with Gasteiger partial charge in [-0.25, -0.2) is 0 Å². The number of piperidine rings is 1. The minimum Gasteiger partial charge on any atom is -0.319 e. The van der Waals surface area contributed by atoms with Crippen molar-refractivity contribution < 1.29 is 0 Å². The highest BCUT2D eigenvalue weighted by atomic mass is 15.1. The summed E-state index contributed by atoms with van der Waals surface area (Å²) in [6.07, 6.45) is 2.73. The third-order valence-corrected chi connectivity index (χ3v) is 4.09. The van der Waals surface area contributed by atoms with Gasteiger partial charge >= 0.3 is 0 Å². The maximum Gasteiger partial charge on any atom is -0.000581 e. The first-order valence-corrected chi connectivity index (χ1v) is 7.17. The van der Waals surface area contributed by atoms with E-state index in [0.717, 1.165) is 30.8 Å². The summed E-state index contributed by atoms with van der Waals surface area (Å²) in [6.45, 7) is 10.7. The van der Waals surface area contributed by atoms with Crippen molar-refractivity contribution in [3.63, 3.8) is 0 Å². The first-order valence-electron chi connectivity index (χ1n) is 7.17. The monoisotopic (exact) mass is 241 g/mol. The molecule has 0 saturated carbocycles. The Balaban J connectivity index is 2.13. The van der Waals surface area contributed by atoms with E-state index < -0.39 is 0 Å². The van der Waals surface area contributed by atoms with Gasteiger partial charge in [-0.1, -0.05) is 13.8 Å². The lowest BCUT2D eigenvalue weighted by Crippen LogP contribution is -2.38. The third kappa shape index (κ3) is 5.84. The Labute approximate surface area is 107 Å². The molecule has 3 nitrogen and oxygen atoms in total. The van der Waals surface area contributed by atoms with Crippen LogP contribution < -0.4 is 10.6 Å². The van der Waals surface area contributed by atoms with Crippen LogP contribution in [0.4, 0.5) is 0 Å². The van der Waals surface area contributed by atoms with E-state index in [1.165, 1.54) is 32.5 Å². The van der Waals surface area contributed by atoms with E-state index in [4.69, 9.17) is 0 Å². The van der Waals surface area contributed by atoms with Gasteiger partial charge in [0.2, 0.25) is 0 Å². The zero-order chi connectivity index (χ0) is 12.7. The molecule has 0 radical (unpaired) electrons. The topological polar surface area (TPSA) is 27.3 Å². The van der Waals surface area contributed by atoms with Gasteiger partial charge in [-0.2, -0.15) is 0 Å². The molecule has 3 heteroatoms. The molecule has 1 heterocycles. The lowest BCUT2D eigenvalue weighted by Gasteiger charge is -2.30. The Morgan fingerprint density at radius 1 is 1.18 bits per heavy atom. The second-order valence-electron chi connectivity index (χ2n) is 5.97. The average Bonchev–Trinajstić information content (AvgIpc) is 2.30. The highest BCUT2D eigenvalue weighted by molar-refractivity contribution is 4.74. The molecule has 1 fully saturated rings. The molecule has 1 rings (SSSR count). The molecule has 1 atom stereocenters. The zero-order valence-corrected chi connectivity index (χ0v) is 12.1. The van der Waals surface area contributed by atoms with Crippen molar-refractivity contribution in [3.05, 3.63) is 0 Å². The fourth-order valence-corrected chi connectivity index (χ4v) is 2.54. The maximum absolute atomic E-state index is 3.68. The fraction of sp³-hybridized carbons (Fsp3) is 1.00. The standard InChI is InChI=1S/C14H31N3/c1-12(2)14(10-15-3)11-16-9-13-5-7-17(4)8-6-13/h12-16H,5-11H2,1-4H3. The van der Waals surface area contributed by atoms with Gasteiger partial charge in [-0.05, 0) is 77.4 Å². The van der Waals surface area contributed by atoms with Crippen LogP contribution in [0.1, 0.15) is 26.7 Å². The normalized spacial score (nSPS) is 21.0. The van der Waals surface area contributed by atoms with E-state index in [1.54, 1.807) is 0 Å². The van der Waals surface area contributed by atoms with Crippen LogP contribution in [0.25, 0.3) is 0 Å². The van der Waals surface area contributed by atoms with Crippen molar-refractivity contribution in [1.82, 2.24) is 15.5 Å². The SMILES string of the molecule is CNCC(CNCC1CCN(C)CC1)C(C)C. The van der Waals surface area contributed by atoms with Crippen molar-refractivity contribution >= 4 is 0 Å². The predicted molar refractivity (Wildman–Crippen MR) is 75.3 cm³/mol. The predicted octanol–water partition coefficient (Wildman–Crippen LogP) is 1.41. The van der Waals surface area contributed by atoms with Gasteiger partial charge in [0.15, 0.2) is 0 Å². The first-order chi connectivity index (χ1) is 8.13. The van der Waals surface area contributed by atoms with Crippen LogP contribution in [0.2, 0.25) is 0 Å². The number of hydrogen-bond donors (Lipinski definition) is 2. The molecule has 0 amide bonds. The van der Waals surface area contributed by atoms with E-state index in [-0.39, 0.29) is 0 Å². The van der Waals surface area contributed by atoms with Gasteiger partial charge in [0.1, 0.15) is 0 Å². The first kappa shape index (κ1) is 14.9. The summed E-state index contributed by atoms with van der Waals surface area (Å²) in [6, 6.07) is 0. The molecule has 0 bridgehead atoms. The second kappa shape index (κ2) is 8.06. The van der Waals surface area contributed by atoms with E-state index in [0.29, 0.717) is 0 Å². The van der Waals surface area contributed by atoms with E-state index >= 15 is 0 Å². The quantitative estimate of drug-likeness (QED) is 0.706. The second-order valence-corrected chi connectivity index (χ2v) is 5.97. The molecule has 0 aromatic heterocycles. The molecule has 0 aromatic carbocycles. The molecule has 102 valence electrons. The number of hydrogen-bond acceptors (Lipinski definition) is 3. The fourth-order valence-electron chi connectivity index (χ4n) is 2.54. The van der Waals surface area contributed by atoms with Gasteiger partial charge in [-0.3, -0.25) is 0 Å². The number of nitrogens with zero attached hydrogens (tertiary/aromatic N) is 1. The molecule has 1 aliphatic heterocycles. The largest absolute Gasteiger partial charge is 0.319 e. The lowest BCUT2D eigenvalue weighted by molar-refractivity contribution is 0.212. The molecule has 0 aliphatic carbocycles. The summed E-state index contributed by atoms with van der Waals surface area (Å²) in [5.74, 6) is 2.41. The average molecular weight is 241 g/mol.